The number of benzene rings is 3. The number of aliphatic carboxylic acids is 1. The Labute approximate surface area is 248 Å². The van der Waals surface area contributed by atoms with Gasteiger partial charge in [-0.05, 0) is 53.6 Å². The number of ether oxygens (including phenoxy) is 1. The summed E-state index contributed by atoms with van der Waals surface area (Å²) in [7, 11) is 1.84. The monoisotopic (exact) mass is 571 g/mol. The van der Waals surface area contributed by atoms with Gasteiger partial charge >= 0.3 is 12.1 Å². The van der Waals surface area contributed by atoms with E-state index in [0.29, 0.717) is 25.9 Å². The van der Waals surface area contributed by atoms with Gasteiger partial charge in [0.25, 0.3) is 0 Å². The van der Waals surface area contributed by atoms with Crippen LogP contribution in [0, 0.1) is 5.92 Å². The molecule has 3 aromatic rings. The summed E-state index contributed by atoms with van der Waals surface area (Å²) in [6, 6.07) is 25.2. The number of alkyl carbamates (subject to hydrolysis) is 1. The number of nitrogens with one attached hydrogen (secondary N) is 2. The highest BCUT2D eigenvalue weighted by atomic mass is 16.5. The van der Waals surface area contributed by atoms with E-state index in [2.05, 4.69) is 41.8 Å². The molecule has 8 heteroatoms. The summed E-state index contributed by atoms with van der Waals surface area (Å²) in [6.45, 7) is 3.56. The van der Waals surface area contributed by atoms with Gasteiger partial charge in [0.15, 0.2) is 0 Å². The first-order chi connectivity index (χ1) is 20.4. The summed E-state index contributed by atoms with van der Waals surface area (Å²) >= 11 is 0. The van der Waals surface area contributed by atoms with Crippen molar-refractivity contribution in [2.75, 3.05) is 26.7 Å². The zero-order valence-corrected chi connectivity index (χ0v) is 24.4. The second kappa shape index (κ2) is 15.2. The van der Waals surface area contributed by atoms with Gasteiger partial charge in [-0.1, -0.05) is 92.2 Å². The van der Waals surface area contributed by atoms with Crippen LogP contribution in [-0.2, 0) is 20.9 Å². The van der Waals surface area contributed by atoms with Crippen molar-refractivity contribution in [2.24, 2.45) is 5.92 Å². The Hall–Kier alpha value is -4.17. The Morgan fingerprint density at radius 1 is 0.905 bits per heavy atom. The Morgan fingerprint density at radius 2 is 1.52 bits per heavy atom. The van der Waals surface area contributed by atoms with Crippen molar-refractivity contribution in [1.29, 1.82) is 0 Å². The van der Waals surface area contributed by atoms with Crippen molar-refractivity contribution in [3.05, 3.63) is 95.6 Å². The molecule has 3 N–H and O–H groups in total. The number of likely N-dealkylation sites (N-methyl/N-ethyl adjacent to an activating group) is 1. The van der Waals surface area contributed by atoms with Gasteiger partial charge in [0.1, 0.15) is 12.6 Å². The maximum Gasteiger partial charge on any atom is 0.407 e. The summed E-state index contributed by atoms with van der Waals surface area (Å²) in [4.78, 5) is 38.8. The number of hydrogen-bond donors (Lipinski definition) is 3. The quantitative estimate of drug-likeness (QED) is 0.225. The van der Waals surface area contributed by atoms with Crippen molar-refractivity contribution in [3.63, 3.8) is 0 Å². The van der Waals surface area contributed by atoms with Gasteiger partial charge in [0.2, 0.25) is 5.91 Å². The topological polar surface area (TPSA) is 108 Å². The molecule has 2 atom stereocenters. The van der Waals surface area contributed by atoms with Gasteiger partial charge < -0.3 is 20.5 Å². The largest absolute Gasteiger partial charge is 0.480 e. The summed E-state index contributed by atoms with van der Waals surface area (Å²) < 4.78 is 5.61. The SMILES string of the molecule is CCC(CCNC(=O)OCC1c2ccccc2-c2ccccc21)CCC(=O)NC(CN(C)Cc1ccccc1)C(=O)O. The smallest absolute Gasteiger partial charge is 0.407 e. The fourth-order valence-corrected chi connectivity index (χ4v) is 5.64. The molecule has 2 unspecified atom stereocenters. The molecule has 0 spiro atoms. The third-order valence-corrected chi connectivity index (χ3v) is 7.95. The zero-order chi connectivity index (χ0) is 29.9. The molecular weight excluding hydrogens is 530 g/mol. The fraction of sp³-hybridized carbons (Fsp3) is 0.382. The van der Waals surface area contributed by atoms with E-state index >= 15 is 0 Å². The number of amides is 2. The van der Waals surface area contributed by atoms with Crippen molar-refractivity contribution >= 4 is 18.0 Å². The molecule has 1 aliphatic carbocycles. The molecule has 0 aliphatic heterocycles. The molecule has 2 amide bonds. The number of carboxylic acids is 1. The Morgan fingerprint density at radius 3 is 2.14 bits per heavy atom. The number of nitrogens with zero attached hydrogens (tertiary/aromatic N) is 1. The predicted octanol–water partition coefficient (Wildman–Crippen LogP) is 5.42. The molecule has 0 fully saturated rings. The average molecular weight is 572 g/mol. The van der Waals surface area contributed by atoms with Crippen LogP contribution in [-0.4, -0.2) is 60.8 Å². The van der Waals surface area contributed by atoms with Crippen molar-refractivity contribution in [2.45, 2.75) is 51.1 Å². The van der Waals surface area contributed by atoms with E-state index in [4.69, 9.17) is 4.74 Å². The molecular formula is C34H41N3O5. The highest BCUT2D eigenvalue weighted by Crippen LogP contribution is 2.44. The maximum absolute atomic E-state index is 12.6. The molecule has 0 bridgehead atoms. The van der Waals surface area contributed by atoms with Gasteiger partial charge in [-0.25, -0.2) is 9.59 Å². The maximum atomic E-state index is 12.6. The molecule has 8 nitrogen and oxygen atoms in total. The van der Waals surface area contributed by atoms with Crippen molar-refractivity contribution < 1.29 is 24.2 Å². The Kier molecular flexibility index (Phi) is 11.1. The van der Waals surface area contributed by atoms with Crippen LogP contribution >= 0.6 is 0 Å². The third-order valence-electron chi connectivity index (χ3n) is 7.95. The van der Waals surface area contributed by atoms with Crippen LogP contribution in [0.2, 0.25) is 0 Å². The summed E-state index contributed by atoms with van der Waals surface area (Å²) in [5.74, 6) is -1.10. The lowest BCUT2D eigenvalue weighted by Crippen LogP contribution is -2.47. The third kappa shape index (κ3) is 8.42. The van der Waals surface area contributed by atoms with Gasteiger partial charge in [-0.15, -0.1) is 0 Å². The lowest BCUT2D eigenvalue weighted by atomic mass is 9.96. The van der Waals surface area contributed by atoms with Gasteiger partial charge in [0.05, 0.1) is 0 Å². The summed E-state index contributed by atoms with van der Waals surface area (Å²) in [5, 5.41) is 15.2. The molecule has 0 heterocycles. The minimum atomic E-state index is -1.05. The first-order valence-electron chi connectivity index (χ1n) is 14.7. The standard InChI is InChI=1S/C34H41N3O5/c1-3-24(17-18-32(38)36-31(33(39)40)22-37(2)21-25-11-5-4-6-12-25)19-20-35-34(41)42-23-30-28-15-9-7-13-26(28)27-14-8-10-16-29(27)30/h4-16,24,30-31H,3,17-23H2,1-2H3,(H,35,41)(H,36,38)(H,39,40). The first kappa shape index (κ1) is 30.8. The van der Waals surface area contributed by atoms with Crippen LogP contribution < -0.4 is 10.6 Å². The second-order valence-corrected chi connectivity index (χ2v) is 11.0. The van der Waals surface area contributed by atoms with Crippen LogP contribution in [0.4, 0.5) is 4.79 Å². The minimum Gasteiger partial charge on any atom is -0.480 e. The van der Waals surface area contributed by atoms with E-state index in [1.165, 1.54) is 22.3 Å². The van der Waals surface area contributed by atoms with E-state index < -0.39 is 18.1 Å². The molecule has 0 saturated heterocycles. The number of hydrogen-bond acceptors (Lipinski definition) is 5. The normalized spacial score (nSPS) is 13.6. The molecule has 222 valence electrons. The van der Waals surface area contributed by atoms with Gasteiger partial charge in [0, 0.05) is 32.0 Å². The summed E-state index contributed by atoms with van der Waals surface area (Å²) in [5.41, 5.74) is 5.79. The number of carboxylic acid groups (broad SMARTS) is 1. The number of fused-ring (bicyclic) bond motifs is 3. The molecule has 42 heavy (non-hydrogen) atoms. The average Bonchev–Trinajstić information content (AvgIpc) is 3.31. The second-order valence-electron chi connectivity index (χ2n) is 11.0. The Bertz CT molecular complexity index is 1300. The Balaban J connectivity index is 1.16. The molecule has 1 aliphatic rings. The number of rotatable bonds is 15. The minimum absolute atomic E-state index is 0.0119. The molecule has 4 rings (SSSR count). The lowest BCUT2D eigenvalue weighted by molar-refractivity contribution is -0.142. The summed E-state index contributed by atoms with van der Waals surface area (Å²) in [6.07, 6.45) is 1.95. The van der Waals surface area contributed by atoms with Gasteiger partial charge in [-0.3, -0.25) is 9.69 Å². The van der Waals surface area contributed by atoms with Crippen molar-refractivity contribution in [3.8, 4) is 11.1 Å². The zero-order valence-electron chi connectivity index (χ0n) is 24.4. The highest BCUT2D eigenvalue weighted by molar-refractivity contribution is 5.83. The number of carbonyl (C=O) groups excluding carboxylic acids is 2. The lowest BCUT2D eigenvalue weighted by Gasteiger charge is -2.23. The van der Waals surface area contributed by atoms with E-state index in [0.717, 1.165) is 12.0 Å². The van der Waals surface area contributed by atoms with Crippen LogP contribution in [0.5, 0.6) is 0 Å². The van der Waals surface area contributed by atoms with Crippen molar-refractivity contribution in [1.82, 2.24) is 15.5 Å². The van der Waals surface area contributed by atoms with E-state index in [1.807, 2.05) is 66.5 Å². The first-order valence-corrected chi connectivity index (χ1v) is 14.7. The van der Waals surface area contributed by atoms with Crippen LogP contribution in [0.1, 0.15) is 55.2 Å². The van der Waals surface area contributed by atoms with Gasteiger partial charge in [-0.2, -0.15) is 0 Å². The number of carbonyl (C=O) groups is 3. The van der Waals surface area contributed by atoms with Crippen LogP contribution in [0.3, 0.4) is 0 Å². The molecule has 0 aromatic heterocycles. The van der Waals surface area contributed by atoms with Crippen LogP contribution in [0.15, 0.2) is 78.9 Å². The van der Waals surface area contributed by atoms with Crippen LogP contribution in [0.25, 0.3) is 11.1 Å². The highest BCUT2D eigenvalue weighted by Gasteiger charge is 2.29. The molecule has 3 aromatic carbocycles. The fourth-order valence-electron chi connectivity index (χ4n) is 5.64. The van der Waals surface area contributed by atoms with E-state index in [9.17, 15) is 19.5 Å². The molecule has 0 radical (unpaired) electrons. The molecule has 0 saturated carbocycles. The van der Waals surface area contributed by atoms with E-state index in [-0.39, 0.29) is 37.3 Å². The van der Waals surface area contributed by atoms with E-state index in [1.54, 1.807) is 0 Å². The predicted molar refractivity (Wildman–Crippen MR) is 163 cm³/mol.